The average Bonchev–Trinajstić information content (AvgIpc) is 3.21. The Hall–Kier alpha value is -2.52. The molecule has 3 atom stereocenters. The molecule has 2 amide bonds. The fourth-order valence-corrected chi connectivity index (χ4v) is 4.05. The van der Waals surface area contributed by atoms with Gasteiger partial charge in [0.15, 0.2) is 5.65 Å². The Kier molecular flexibility index (Phi) is 5.54. The predicted molar refractivity (Wildman–Crippen MR) is 99.8 cm³/mol. The highest BCUT2D eigenvalue weighted by Gasteiger charge is 2.37. The van der Waals surface area contributed by atoms with Crippen LogP contribution in [-0.4, -0.2) is 76.9 Å². The minimum atomic E-state index is -0.213. The zero-order valence-corrected chi connectivity index (χ0v) is 15.9. The first-order valence-corrected chi connectivity index (χ1v) is 9.65. The van der Waals surface area contributed by atoms with E-state index in [1.54, 1.807) is 30.0 Å². The standard InChI is InChI=1S/C19H25N5O4/c1-27-16-3-2-14(19(26)23-6-8-28-9-7-23)10-15(16)22-18(25)13-4-5-24-17(11-13)20-12-21-24/h4-5,11-12,14-16H,2-3,6-10H2,1H3,(H,22,25)/t14-,15+,16+/m0/s1. The van der Waals surface area contributed by atoms with Crippen molar-refractivity contribution in [1.29, 1.82) is 0 Å². The molecule has 2 aromatic rings. The van der Waals surface area contributed by atoms with Crippen LogP contribution >= 0.6 is 0 Å². The third-order valence-electron chi connectivity index (χ3n) is 5.62. The number of methoxy groups -OCH3 is 1. The molecule has 2 aromatic heterocycles. The molecule has 2 fully saturated rings. The van der Waals surface area contributed by atoms with Gasteiger partial charge in [0, 0.05) is 37.9 Å². The second kappa shape index (κ2) is 8.24. The molecule has 1 N–H and O–H groups in total. The molecule has 0 radical (unpaired) electrons. The Morgan fingerprint density at radius 3 is 2.89 bits per heavy atom. The third-order valence-corrected chi connectivity index (χ3v) is 5.62. The van der Waals surface area contributed by atoms with Gasteiger partial charge >= 0.3 is 0 Å². The lowest BCUT2D eigenvalue weighted by molar-refractivity contribution is -0.142. The maximum absolute atomic E-state index is 12.9. The maximum atomic E-state index is 12.9. The van der Waals surface area contributed by atoms with E-state index < -0.39 is 0 Å². The number of morpholine rings is 1. The minimum Gasteiger partial charge on any atom is -0.379 e. The number of aromatic nitrogens is 3. The molecular weight excluding hydrogens is 362 g/mol. The Labute approximate surface area is 163 Å². The lowest BCUT2D eigenvalue weighted by Crippen LogP contribution is -2.52. The van der Waals surface area contributed by atoms with Crippen LogP contribution in [0, 0.1) is 5.92 Å². The molecule has 0 spiro atoms. The summed E-state index contributed by atoms with van der Waals surface area (Å²) in [6.45, 7) is 2.45. The SMILES string of the molecule is CO[C@@H]1CC[C@H](C(=O)N2CCOCC2)C[C@H]1NC(=O)c1ccn2ncnc2c1. The van der Waals surface area contributed by atoms with E-state index in [2.05, 4.69) is 15.4 Å². The fourth-order valence-electron chi connectivity index (χ4n) is 4.05. The number of hydrogen-bond donors (Lipinski definition) is 1. The van der Waals surface area contributed by atoms with E-state index in [4.69, 9.17) is 9.47 Å². The number of fused-ring (bicyclic) bond motifs is 1. The molecule has 0 unspecified atom stereocenters. The Bertz CT molecular complexity index is 848. The van der Waals surface area contributed by atoms with E-state index in [-0.39, 0.29) is 29.9 Å². The first-order chi connectivity index (χ1) is 13.7. The monoisotopic (exact) mass is 387 g/mol. The topological polar surface area (TPSA) is 98.1 Å². The van der Waals surface area contributed by atoms with E-state index >= 15 is 0 Å². The summed E-state index contributed by atoms with van der Waals surface area (Å²) in [5.74, 6) is -0.146. The van der Waals surface area contributed by atoms with Crippen LogP contribution in [0.15, 0.2) is 24.7 Å². The van der Waals surface area contributed by atoms with E-state index in [0.29, 0.717) is 43.9 Å². The molecule has 3 heterocycles. The lowest BCUT2D eigenvalue weighted by atomic mass is 9.82. The molecule has 1 aliphatic heterocycles. The highest BCUT2D eigenvalue weighted by molar-refractivity contribution is 5.95. The number of rotatable bonds is 4. The van der Waals surface area contributed by atoms with Gasteiger partial charge in [-0.3, -0.25) is 9.59 Å². The summed E-state index contributed by atoms with van der Waals surface area (Å²) in [4.78, 5) is 31.6. The van der Waals surface area contributed by atoms with Crippen molar-refractivity contribution in [3.63, 3.8) is 0 Å². The molecule has 2 aliphatic rings. The number of amides is 2. The number of nitrogens with one attached hydrogen (secondary N) is 1. The zero-order chi connectivity index (χ0) is 19.5. The summed E-state index contributed by atoms with van der Waals surface area (Å²) in [6, 6.07) is 3.19. The molecule has 0 aromatic carbocycles. The predicted octanol–water partition coefficient (Wildman–Crippen LogP) is 0.502. The van der Waals surface area contributed by atoms with Gasteiger partial charge in [-0.05, 0) is 31.4 Å². The van der Waals surface area contributed by atoms with Crippen molar-refractivity contribution in [2.45, 2.75) is 31.4 Å². The number of pyridine rings is 1. The third kappa shape index (κ3) is 3.85. The average molecular weight is 387 g/mol. The number of carbonyl (C=O) groups is 2. The summed E-state index contributed by atoms with van der Waals surface area (Å²) >= 11 is 0. The van der Waals surface area contributed by atoms with Crippen LogP contribution < -0.4 is 5.32 Å². The molecule has 28 heavy (non-hydrogen) atoms. The van der Waals surface area contributed by atoms with E-state index in [9.17, 15) is 9.59 Å². The summed E-state index contributed by atoms with van der Waals surface area (Å²) in [5, 5.41) is 7.10. The zero-order valence-electron chi connectivity index (χ0n) is 15.9. The second-order valence-corrected chi connectivity index (χ2v) is 7.28. The molecule has 0 bridgehead atoms. The molecule has 1 aliphatic carbocycles. The molecule has 1 saturated heterocycles. The summed E-state index contributed by atoms with van der Waals surface area (Å²) in [6.07, 6.45) is 5.14. The van der Waals surface area contributed by atoms with Gasteiger partial charge < -0.3 is 19.7 Å². The highest BCUT2D eigenvalue weighted by Crippen LogP contribution is 2.28. The van der Waals surface area contributed by atoms with Crippen molar-refractivity contribution in [3.05, 3.63) is 30.2 Å². The van der Waals surface area contributed by atoms with Crippen molar-refractivity contribution in [2.75, 3.05) is 33.4 Å². The molecule has 150 valence electrons. The Morgan fingerprint density at radius 1 is 1.29 bits per heavy atom. The molecular formula is C19H25N5O4. The van der Waals surface area contributed by atoms with Crippen LogP contribution in [0.1, 0.15) is 29.6 Å². The van der Waals surface area contributed by atoms with Crippen LogP contribution in [0.4, 0.5) is 0 Å². The Morgan fingerprint density at radius 2 is 2.11 bits per heavy atom. The smallest absolute Gasteiger partial charge is 0.251 e. The van der Waals surface area contributed by atoms with Crippen LogP contribution in [-0.2, 0) is 14.3 Å². The number of hydrogen-bond acceptors (Lipinski definition) is 6. The van der Waals surface area contributed by atoms with Gasteiger partial charge in [-0.25, -0.2) is 9.50 Å². The van der Waals surface area contributed by atoms with Crippen molar-refractivity contribution < 1.29 is 19.1 Å². The molecule has 9 heteroatoms. The summed E-state index contributed by atoms with van der Waals surface area (Å²) in [5.41, 5.74) is 1.12. The van der Waals surface area contributed by atoms with Gasteiger partial charge in [-0.1, -0.05) is 0 Å². The number of carbonyl (C=O) groups excluding carboxylic acids is 2. The largest absolute Gasteiger partial charge is 0.379 e. The molecule has 1 saturated carbocycles. The van der Waals surface area contributed by atoms with Crippen LogP contribution in [0.3, 0.4) is 0 Å². The van der Waals surface area contributed by atoms with Gasteiger partial charge in [0.1, 0.15) is 6.33 Å². The second-order valence-electron chi connectivity index (χ2n) is 7.28. The van der Waals surface area contributed by atoms with Crippen LogP contribution in [0.5, 0.6) is 0 Å². The van der Waals surface area contributed by atoms with Gasteiger partial charge in [0.2, 0.25) is 5.91 Å². The van der Waals surface area contributed by atoms with E-state index in [1.807, 2.05) is 4.90 Å². The van der Waals surface area contributed by atoms with Gasteiger partial charge in [-0.15, -0.1) is 0 Å². The molecule has 4 rings (SSSR count). The summed E-state index contributed by atoms with van der Waals surface area (Å²) in [7, 11) is 1.65. The maximum Gasteiger partial charge on any atom is 0.251 e. The van der Waals surface area contributed by atoms with Crippen molar-refractivity contribution >= 4 is 17.5 Å². The first kappa shape index (κ1) is 18.8. The number of ether oxygens (including phenoxy) is 2. The van der Waals surface area contributed by atoms with E-state index in [0.717, 1.165) is 12.8 Å². The summed E-state index contributed by atoms with van der Waals surface area (Å²) < 4.78 is 12.5. The fraction of sp³-hybridized carbons (Fsp3) is 0.579. The van der Waals surface area contributed by atoms with E-state index in [1.165, 1.54) is 6.33 Å². The van der Waals surface area contributed by atoms with Gasteiger partial charge in [0.25, 0.3) is 5.91 Å². The van der Waals surface area contributed by atoms with Crippen LogP contribution in [0.2, 0.25) is 0 Å². The van der Waals surface area contributed by atoms with Crippen LogP contribution in [0.25, 0.3) is 5.65 Å². The Balaban J connectivity index is 1.44. The van der Waals surface area contributed by atoms with Crippen molar-refractivity contribution in [2.24, 2.45) is 5.92 Å². The van der Waals surface area contributed by atoms with Gasteiger partial charge in [0.05, 0.1) is 25.4 Å². The highest BCUT2D eigenvalue weighted by atomic mass is 16.5. The first-order valence-electron chi connectivity index (χ1n) is 9.65. The van der Waals surface area contributed by atoms with Crippen molar-refractivity contribution in [3.8, 4) is 0 Å². The van der Waals surface area contributed by atoms with Gasteiger partial charge in [-0.2, -0.15) is 5.10 Å². The van der Waals surface area contributed by atoms with Crippen molar-refractivity contribution in [1.82, 2.24) is 24.8 Å². The molecule has 9 nitrogen and oxygen atoms in total. The quantitative estimate of drug-likeness (QED) is 0.821. The number of nitrogens with zero attached hydrogens (tertiary/aromatic N) is 4. The lowest BCUT2D eigenvalue weighted by Gasteiger charge is -2.38. The normalized spacial score (nSPS) is 25.6. The minimum absolute atomic E-state index is 0.102.